The van der Waals surface area contributed by atoms with Crippen LogP contribution in [0.15, 0.2) is 54.2 Å². The molecule has 1 aromatic carbocycles. The number of nitrogens with one attached hydrogen (secondary N) is 2. The fraction of sp³-hybridized carbons (Fsp3) is 0.300. The van der Waals surface area contributed by atoms with Gasteiger partial charge in [-0.05, 0) is 56.4 Å². The van der Waals surface area contributed by atoms with Gasteiger partial charge in [0.1, 0.15) is 5.69 Å². The van der Waals surface area contributed by atoms with Gasteiger partial charge >= 0.3 is 0 Å². The predicted octanol–water partition coefficient (Wildman–Crippen LogP) is 5.29. The highest BCUT2D eigenvalue weighted by atomic mass is 35.5. The van der Waals surface area contributed by atoms with E-state index in [-0.39, 0.29) is 5.91 Å². The quantitative estimate of drug-likeness (QED) is 0.692. The standard InChI is InChI=1S/C20H22ClN3O/c21-17-8-4-5-9-18(17)24-20(25)19-14-16(11-13-23-19)22-12-10-15-6-2-1-3-7-15/h4-6,8-9,11,13-14H,1-3,7,10,12H2,(H,22,23)(H,24,25). The molecule has 2 N–H and O–H groups in total. The van der Waals surface area contributed by atoms with Crippen molar-refractivity contribution in [3.63, 3.8) is 0 Å². The van der Waals surface area contributed by atoms with E-state index in [2.05, 4.69) is 21.7 Å². The number of hydrogen-bond donors (Lipinski definition) is 2. The maximum Gasteiger partial charge on any atom is 0.274 e. The Labute approximate surface area is 153 Å². The van der Waals surface area contributed by atoms with Gasteiger partial charge in [-0.25, -0.2) is 0 Å². The van der Waals surface area contributed by atoms with Gasteiger partial charge in [-0.2, -0.15) is 0 Å². The first-order chi connectivity index (χ1) is 12.2. The lowest BCUT2D eigenvalue weighted by Crippen LogP contribution is -2.14. The van der Waals surface area contributed by atoms with Crippen molar-refractivity contribution in [1.29, 1.82) is 0 Å². The third-order valence-electron chi connectivity index (χ3n) is 4.27. The van der Waals surface area contributed by atoms with E-state index in [1.807, 2.05) is 18.2 Å². The predicted molar refractivity (Wildman–Crippen MR) is 103 cm³/mol. The zero-order valence-corrected chi connectivity index (χ0v) is 14.9. The minimum atomic E-state index is -0.272. The number of pyridine rings is 1. The number of allylic oxidation sites excluding steroid dienone is 1. The molecular formula is C20H22ClN3O. The summed E-state index contributed by atoms with van der Waals surface area (Å²) in [6.45, 7) is 0.863. The van der Waals surface area contributed by atoms with E-state index in [4.69, 9.17) is 11.6 Å². The van der Waals surface area contributed by atoms with Crippen LogP contribution in [0.5, 0.6) is 0 Å². The lowest BCUT2D eigenvalue weighted by Gasteiger charge is -2.13. The molecule has 3 rings (SSSR count). The van der Waals surface area contributed by atoms with Crippen molar-refractivity contribution in [1.82, 2.24) is 4.98 Å². The molecule has 1 aliphatic carbocycles. The number of hydrogen-bond acceptors (Lipinski definition) is 3. The summed E-state index contributed by atoms with van der Waals surface area (Å²) in [5.41, 5.74) is 3.38. The molecule has 1 amide bonds. The highest BCUT2D eigenvalue weighted by molar-refractivity contribution is 6.33. The molecule has 0 atom stereocenters. The number of halogens is 1. The summed E-state index contributed by atoms with van der Waals surface area (Å²) in [4.78, 5) is 16.5. The molecule has 0 saturated carbocycles. The Kier molecular flexibility index (Phi) is 6.07. The lowest BCUT2D eigenvalue weighted by molar-refractivity contribution is 0.102. The fourth-order valence-electron chi connectivity index (χ4n) is 2.91. The van der Waals surface area contributed by atoms with E-state index in [1.165, 1.54) is 31.3 Å². The molecule has 0 aliphatic heterocycles. The Morgan fingerprint density at radius 2 is 2.08 bits per heavy atom. The van der Waals surface area contributed by atoms with E-state index < -0.39 is 0 Å². The SMILES string of the molecule is O=C(Nc1ccccc1Cl)c1cc(NCCC2=CCCCC2)ccn1. The van der Waals surface area contributed by atoms with Gasteiger partial charge in [0.2, 0.25) is 0 Å². The van der Waals surface area contributed by atoms with Crippen molar-refractivity contribution in [3.8, 4) is 0 Å². The summed E-state index contributed by atoms with van der Waals surface area (Å²) < 4.78 is 0. The van der Waals surface area contributed by atoms with Crippen LogP contribution in [0.1, 0.15) is 42.6 Å². The first-order valence-electron chi connectivity index (χ1n) is 8.66. The molecule has 5 heteroatoms. The maximum absolute atomic E-state index is 12.4. The number of aromatic nitrogens is 1. The Balaban J connectivity index is 1.58. The molecule has 0 saturated heterocycles. The summed E-state index contributed by atoms with van der Waals surface area (Å²) in [7, 11) is 0. The zero-order chi connectivity index (χ0) is 17.5. The minimum Gasteiger partial charge on any atom is -0.385 e. The summed E-state index contributed by atoms with van der Waals surface area (Å²) in [5, 5.41) is 6.67. The monoisotopic (exact) mass is 355 g/mol. The van der Waals surface area contributed by atoms with Crippen molar-refractivity contribution >= 4 is 28.9 Å². The van der Waals surface area contributed by atoms with Crippen molar-refractivity contribution in [2.24, 2.45) is 0 Å². The number of amides is 1. The molecule has 130 valence electrons. The molecular weight excluding hydrogens is 334 g/mol. The number of rotatable bonds is 6. The normalized spacial score (nSPS) is 13.9. The number of benzene rings is 1. The average molecular weight is 356 g/mol. The molecule has 25 heavy (non-hydrogen) atoms. The van der Waals surface area contributed by atoms with E-state index in [0.29, 0.717) is 16.4 Å². The van der Waals surface area contributed by atoms with Gasteiger partial charge in [0.15, 0.2) is 0 Å². The van der Waals surface area contributed by atoms with Crippen LogP contribution in [-0.2, 0) is 0 Å². The van der Waals surface area contributed by atoms with Crippen LogP contribution in [0, 0.1) is 0 Å². The summed E-state index contributed by atoms with van der Waals surface area (Å²) in [6, 6.07) is 10.8. The largest absolute Gasteiger partial charge is 0.385 e. The molecule has 0 fully saturated rings. The van der Waals surface area contributed by atoms with E-state index in [1.54, 1.807) is 24.4 Å². The number of nitrogens with zero attached hydrogens (tertiary/aromatic N) is 1. The van der Waals surface area contributed by atoms with Crippen molar-refractivity contribution in [2.45, 2.75) is 32.1 Å². The van der Waals surface area contributed by atoms with Crippen LogP contribution >= 0.6 is 11.6 Å². The smallest absolute Gasteiger partial charge is 0.274 e. The molecule has 1 aliphatic rings. The highest BCUT2D eigenvalue weighted by Gasteiger charge is 2.10. The minimum absolute atomic E-state index is 0.272. The Morgan fingerprint density at radius 3 is 2.88 bits per heavy atom. The zero-order valence-electron chi connectivity index (χ0n) is 14.1. The van der Waals surface area contributed by atoms with E-state index in [9.17, 15) is 4.79 Å². The van der Waals surface area contributed by atoms with Gasteiger partial charge < -0.3 is 10.6 Å². The summed E-state index contributed by atoms with van der Waals surface area (Å²) in [5.74, 6) is -0.272. The third kappa shape index (κ3) is 5.07. The van der Waals surface area contributed by atoms with Gasteiger partial charge in [-0.15, -0.1) is 0 Å². The second-order valence-corrected chi connectivity index (χ2v) is 6.56. The molecule has 1 heterocycles. The second-order valence-electron chi connectivity index (χ2n) is 6.15. The molecule has 2 aromatic rings. The molecule has 0 spiro atoms. The van der Waals surface area contributed by atoms with Crippen molar-refractivity contribution in [3.05, 3.63) is 65.0 Å². The van der Waals surface area contributed by atoms with Gasteiger partial charge in [0, 0.05) is 18.4 Å². The topological polar surface area (TPSA) is 54.0 Å². The summed E-state index contributed by atoms with van der Waals surface area (Å²) in [6.07, 6.45) is 10.1. The van der Waals surface area contributed by atoms with Crippen LogP contribution in [0.3, 0.4) is 0 Å². The lowest BCUT2D eigenvalue weighted by atomic mass is 9.97. The van der Waals surface area contributed by atoms with Gasteiger partial charge in [-0.1, -0.05) is 35.4 Å². The first-order valence-corrected chi connectivity index (χ1v) is 9.04. The number of para-hydroxylation sites is 1. The van der Waals surface area contributed by atoms with Gasteiger partial charge in [0.25, 0.3) is 5.91 Å². The fourth-order valence-corrected chi connectivity index (χ4v) is 3.10. The average Bonchev–Trinajstić information content (AvgIpc) is 2.65. The Bertz CT molecular complexity index is 773. The molecule has 4 nitrogen and oxygen atoms in total. The van der Waals surface area contributed by atoms with Crippen LogP contribution in [0.4, 0.5) is 11.4 Å². The molecule has 0 unspecified atom stereocenters. The maximum atomic E-state index is 12.4. The van der Waals surface area contributed by atoms with Gasteiger partial charge in [0.05, 0.1) is 10.7 Å². The Hall–Kier alpha value is -2.33. The summed E-state index contributed by atoms with van der Waals surface area (Å²) >= 11 is 6.08. The number of carbonyl (C=O) groups is 1. The van der Waals surface area contributed by atoms with Crippen molar-refractivity contribution in [2.75, 3.05) is 17.2 Å². The number of carbonyl (C=O) groups excluding carboxylic acids is 1. The molecule has 1 aromatic heterocycles. The molecule has 0 bridgehead atoms. The highest BCUT2D eigenvalue weighted by Crippen LogP contribution is 2.22. The van der Waals surface area contributed by atoms with Gasteiger partial charge in [-0.3, -0.25) is 9.78 Å². The van der Waals surface area contributed by atoms with E-state index >= 15 is 0 Å². The third-order valence-corrected chi connectivity index (χ3v) is 4.60. The van der Waals surface area contributed by atoms with Crippen LogP contribution < -0.4 is 10.6 Å². The number of anilines is 2. The first kappa shape index (κ1) is 17.5. The van der Waals surface area contributed by atoms with Crippen molar-refractivity contribution < 1.29 is 4.79 Å². The van der Waals surface area contributed by atoms with E-state index in [0.717, 1.165) is 18.7 Å². The van der Waals surface area contributed by atoms with Crippen LogP contribution in [0.2, 0.25) is 5.02 Å². The molecule has 0 radical (unpaired) electrons. The van der Waals surface area contributed by atoms with Crippen LogP contribution in [0.25, 0.3) is 0 Å². The second kappa shape index (κ2) is 8.67. The Morgan fingerprint density at radius 1 is 1.20 bits per heavy atom. The van der Waals surface area contributed by atoms with Crippen LogP contribution in [-0.4, -0.2) is 17.4 Å².